The molecule has 0 bridgehead atoms. The van der Waals surface area contributed by atoms with Crippen molar-refractivity contribution in [2.45, 2.75) is 20.3 Å². The van der Waals surface area contributed by atoms with Crippen LogP contribution in [0.3, 0.4) is 0 Å². The van der Waals surface area contributed by atoms with Gasteiger partial charge in [0.15, 0.2) is 0 Å². The molecule has 0 saturated heterocycles. The zero-order chi connectivity index (χ0) is 10.6. The molecular formula is C11H16N2O. The van der Waals surface area contributed by atoms with Crippen molar-refractivity contribution < 1.29 is 4.79 Å². The summed E-state index contributed by atoms with van der Waals surface area (Å²) in [5, 5.41) is 8.88. The Hall–Kier alpha value is -1.30. The molecule has 1 heterocycles. The summed E-state index contributed by atoms with van der Waals surface area (Å²) in [4.78, 5) is 13.6. The van der Waals surface area contributed by atoms with E-state index in [1.807, 2.05) is 19.9 Å². The molecular weight excluding hydrogens is 176 g/mol. The lowest BCUT2D eigenvalue weighted by atomic mass is 9.95. The maximum atomic E-state index is 11.8. The van der Waals surface area contributed by atoms with Crippen molar-refractivity contribution in [3.63, 3.8) is 0 Å². The Kier molecular flexibility index (Phi) is 3.70. The summed E-state index contributed by atoms with van der Waals surface area (Å²) in [5.74, 6) is -0.410. The highest BCUT2D eigenvalue weighted by molar-refractivity contribution is 5.81. The second-order valence-corrected chi connectivity index (χ2v) is 3.90. The van der Waals surface area contributed by atoms with Gasteiger partial charge in [-0.05, 0) is 12.3 Å². The van der Waals surface area contributed by atoms with Gasteiger partial charge in [0.25, 0.3) is 0 Å². The quantitative estimate of drug-likeness (QED) is 0.623. The lowest BCUT2D eigenvalue weighted by Crippen LogP contribution is -2.39. The third-order valence-corrected chi connectivity index (χ3v) is 2.44. The second-order valence-electron chi connectivity index (χ2n) is 3.90. The van der Waals surface area contributed by atoms with Gasteiger partial charge in [-0.2, -0.15) is 5.26 Å². The van der Waals surface area contributed by atoms with Crippen LogP contribution in [0.1, 0.15) is 20.3 Å². The van der Waals surface area contributed by atoms with Crippen molar-refractivity contribution in [2.75, 3.05) is 13.1 Å². The first-order valence-electron chi connectivity index (χ1n) is 5.00. The molecule has 1 amide bonds. The SMILES string of the molecule is CC(C)C(C#N)C(=O)N1CC=CCC1. The Balaban J connectivity index is 2.63. The van der Waals surface area contributed by atoms with Gasteiger partial charge in [-0.25, -0.2) is 0 Å². The van der Waals surface area contributed by atoms with Crippen LogP contribution in [-0.4, -0.2) is 23.9 Å². The predicted molar refractivity (Wildman–Crippen MR) is 54.3 cm³/mol. The van der Waals surface area contributed by atoms with E-state index in [2.05, 4.69) is 12.1 Å². The maximum absolute atomic E-state index is 11.8. The highest BCUT2D eigenvalue weighted by Crippen LogP contribution is 2.15. The van der Waals surface area contributed by atoms with E-state index in [-0.39, 0.29) is 11.8 Å². The van der Waals surface area contributed by atoms with Crippen LogP contribution in [0.4, 0.5) is 0 Å². The molecule has 0 saturated carbocycles. The molecule has 1 unspecified atom stereocenters. The van der Waals surface area contributed by atoms with E-state index in [1.165, 1.54) is 0 Å². The van der Waals surface area contributed by atoms with Gasteiger partial charge in [0.1, 0.15) is 5.92 Å². The molecule has 0 spiro atoms. The van der Waals surface area contributed by atoms with Crippen LogP contribution >= 0.6 is 0 Å². The molecule has 76 valence electrons. The third kappa shape index (κ3) is 2.35. The van der Waals surface area contributed by atoms with E-state index in [1.54, 1.807) is 4.90 Å². The smallest absolute Gasteiger partial charge is 0.240 e. The summed E-state index contributed by atoms with van der Waals surface area (Å²) >= 11 is 0. The van der Waals surface area contributed by atoms with E-state index in [0.717, 1.165) is 13.0 Å². The zero-order valence-electron chi connectivity index (χ0n) is 8.73. The number of nitrogens with zero attached hydrogens (tertiary/aromatic N) is 2. The van der Waals surface area contributed by atoms with Gasteiger partial charge >= 0.3 is 0 Å². The molecule has 1 aliphatic heterocycles. The van der Waals surface area contributed by atoms with E-state index in [9.17, 15) is 4.79 Å². The van der Waals surface area contributed by atoms with E-state index in [4.69, 9.17) is 5.26 Å². The van der Waals surface area contributed by atoms with Crippen LogP contribution in [0.25, 0.3) is 0 Å². The molecule has 14 heavy (non-hydrogen) atoms. The minimum atomic E-state index is -0.485. The zero-order valence-corrected chi connectivity index (χ0v) is 8.73. The number of carbonyl (C=O) groups excluding carboxylic acids is 1. The first-order valence-corrected chi connectivity index (χ1v) is 5.00. The van der Waals surface area contributed by atoms with Crippen LogP contribution in [-0.2, 0) is 4.79 Å². The van der Waals surface area contributed by atoms with Crippen LogP contribution in [0.2, 0.25) is 0 Å². The maximum Gasteiger partial charge on any atom is 0.240 e. The minimum Gasteiger partial charge on any atom is -0.338 e. The number of rotatable bonds is 2. The van der Waals surface area contributed by atoms with Crippen LogP contribution in [0, 0.1) is 23.2 Å². The largest absolute Gasteiger partial charge is 0.338 e. The number of amides is 1. The molecule has 3 nitrogen and oxygen atoms in total. The third-order valence-electron chi connectivity index (χ3n) is 2.44. The van der Waals surface area contributed by atoms with Crippen LogP contribution in [0.15, 0.2) is 12.2 Å². The number of hydrogen-bond donors (Lipinski definition) is 0. The summed E-state index contributed by atoms with van der Waals surface area (Å²) in [6.45, 7) is 5.22. The molecule has 0 aliphatic carbocycles. The van der Waals surface area contributed by atoms with Gasteiger partial charge in [-0.3, -0.25) is 4.79 Å². The molecule has 0 N–H and O–H groups in total. The molecule has 1 atom stereocenters. The lowest BCUT2D eigenvalue weighted by molar-refractivity contribution is -0.134. The molecule has 0 aromatic carbocycles. The summed E-state index contributed by atoms with van der Waals surface area (Å²) < 4.78 is 0. The van der Waals surface area contributed by atoms with Gasteiger partial charge in [-0.15, -0.1) is 0 Å². The fourth-order valence-corrected chi connectivity index (χ4v) is 1.53. The fourth-order valence-electron chi connectivity index (χ4n) is 1.53. The van der Waals surface area contributed by atoms with Crippen LogP contribution < -0.4 is 0 Å². The van der Waals surface area contributed by atoms with Gasteiger partial charge in [0.05, 0.1) is 6.07 Å². The van der Waals surface area contributed by atoms with Gasteiger partial charge in [0.2, 0.25) is 5.91 Å². The first kappa shape index (κ1) is 10.8. The number of carbonyl (C=O) groups is 1. The molecule has 3 heteroatoms. The summed E-state index contributed by atoms with van der Waals surface area (Å²) in [6.07, 6.45) is 4.96. The Morgan fingerprint density at radius 1 is 1.50 bits per heavy atom. The van der Waals surface area contributed by atoms with Gasteiger partial charge in [0, 0.05) is 13.1 Å². The topological polar surface area (TPSA) is 44.1 Å². The Bertz CT molecular complexity index is 276. The first-order chi connectivity index (χ1) is 6.66. The molecule has 0 radical (unpaired) electrons. The highest BCUT2D eigenvalue weighted by atomic mass is 16.2. The number of hydrogen-bond acceptors (Lipinski definition) is 2. The monoisotopic (exact) mass is 192 g/mol. The highest BCUT2D eigenvalue weighted by Gasteiger charge is 2.26. The fraction of sp³-hybridized carbons (Fsp3) is 0.636. The minimum absolute atomic E-state index is 0.0214. The average molecular weight is 192 g/mol. The Morgan fingerprint density at radius 3 is 2.64 bits per heavy atom. The standard InChI is InChI=1S/C11H16N2O/c1-9(2)10(8-12)11(14)13-6-4-3-5-7-13/h3-4,9-10H,5-7H2,1-2H3. The second kappa shape index (κ2) is 4.80. The van der Waals surface area contributed by atoms with Crippen molar-refractivity contribution in [2.24, 2.45) is 11.8 Å². The van der Waals surface area contributed by atoms with Crippen molar-refractivity contribution in [1.82, 2.24) is 4.90 Å². The summed E-state index contributed by atoms with van der Waals surface area (Å²) in [7, 11) is 0. The van der Waals surface area contributed by atoms with Crippen molar-refractivity contribution >= 4 is 5.91 Å². The summed E-state index contributed by atoms with van der Waals surface area (Å²) in [5.41, 5.74) is 0. The van der Waals surface area contributed by atoms with Crippen LogP contribution in [0.5, 0.6) is 0 Å². The van der Waals surface area contributed by atoms with E-state index in [0.29, 0.717) is 6.54 Å². The number of nitriles is 1. The molecule has 1 rings (SSSR count). The lowest BCUT2D eigenvalue weighted by Gasteiger charge is -2.26. The normalized spacial score (nSPS) is 18.0. The predicted octanol–water partition coefficient (Wildman–Crippen LogP) is 1.57. The van der Waals surface area contributed by atoms with E-state index >= 15 is 0 Å². The molecule has 1 aliphatic rings. The van der Waals surface area contributed by atoms with E-state index < -0.39 is 5.92 Å². The van der Waals surface area contributed by atoms with Gasteiger partial charge < -0.3 is 4.90 Å². The van der Waals surface area contributed by atoms with Crippen molar-refractivity contribution in [3.05, 3.63) is 12.2 Å². The average Bonchev–Trinajstić information content (AvgIpc) is 2.19. The summed E-state index contributed by atoms with van der Waals surface area (Å²) in [6, 6.07) is 2.08. The Labute approximate surface area is 85.0 Å². The Morgan fingerprint density at radius 2 is 2.21 bits per heavy atom. The molecule has 0 fully saturated rings. The molecule has 0 aromatic heterocycles. The van der Waals surface area contributed by atoms with Gasteiger partial charge in [-0.1, -0.05) is 26.0 Å². The van der Waals surface area contributed by atoms with Crippen molar-refractivity contribution in [3.8, 4) is 6.07 Å². The molecule has 0 aromatic rings. The van der Waals surface area contributed by atoms with Crippen molar-refractivity contribution in [1.29, 1.82) is 5.26 Å².